The molecule has 0 radical (unpaired) electrons. The van der Waals surface area contributed by atoms with Gasteiger partial charge < -0.3 is 14.9 Å². The molecule has 0 saturated carbocycles. The topological polar surface area (TPSA) is 105 Å². The Morgan fingerprint density at radius 1 is 1.78 bits per heavy atom. The predicted octanol–water partition coefficient (Wildman–Crippen LogP) is -1.48. The second-order valence-electron chi connectivity index (χ2n) is 4.02. The molecule has 8 heteroatoms. The third kappa shape index (κ3) is 1.88. The Bertz CT molecular complexity index is 670. The number of aliphatic hydroxyl groups excluding tert-OH is 1. The normalized spacial score (nSPS) is 43.2. The molecule has 7 nitrogen and oxygen atoms in total. The summed E-state index contributed by atoms with van der Waals surface area (Å²) >= 11 is 0. The molecule has 0 bridgehead atoms. The Labute approximate surface area is 105 Å². The van der Waals surface area contributed by atoms with Crippen LogP contribution in [0, 0.1) is 0 Å². The van der Waals surface area contributed by atoms with Crippen LogP contribution in [0.1, 0.15) is 17.3 Å². The van der Waals surface area contributed by atoms with E-state index in [0.717, 1.165) is 19.2 Å². The lowest BCUT2D eigenvalue weighted by Crippen LogP contribution is -2.43. The number of aromatic amines is 1. The van der Waals surface area contributed by atoms with Crippen LogP contribution < -0.4 is 11.2 Å². The lowest BCUT2D eigenvalue weighted by Gasteiger charge is -2.24. The molecule has 1 aromatic rings. The molecule has 1 aromatic heterocycles. The van der Waals surface area contributed by atoms with Crippen molar-refractivity contribution in [2.75, 3.05) is 6.56 Å². The molecule has 18 heavy (non-hydrogen) atoms. The maximum atomic E-state index is 14.6. The lowest BCUT2D eigenvalue weighted by molar-refractivity contribution is -0.0611. The van der Waals surface area contributed by atoms with Crippen molar-refractivity contribution < 1.29 is 23.5 Å². The number of halogens is 1. The van der Waals surface area contributed by atoms with Gasteiger partial charge in [0.2, 0.25) is 0 Å². The number of nitrogens with zero attached hydrogens (tertiary/aromatic N) is 1. The molecule has 0 amide bonds. The van der Waals surface area contributed by atoms with Gasteiger partial charge in [0.25, 0.3) is 5.56 Å². The summed E-state index contributed by atoms with van der Waals surface area (Å²) in [4.78, 5) is 24.5. The van der Waals surface area contributed by atoms with Gasteiger partial charge in [0.1, 0.15) is 12.2 Å². The van der Waals surface area contributed by atoms with Gasteiger partial charge in [0, 0.05) is 12.3 Å². The smallest absolute Gasteiger partial charge is 0.330 e. The Balaban J connectivity index is 2.56. The van der Waals surface area contributed by atoms with Crippen molar-refractivity contribution in [1.82, 2.24) is 9.55 Å². The second kappa shape index (κ2) is 4.30. The number of rotatable bonds is 2. The molecule has 2 rings (SSSR count). The highest BCUT2D eigenvalue weighted by Crippen LogP contribution is 2.40. The van der Waals surface area contributed by atoms with E-state index in [2.05, 4.69) is 0 Å². The number of hydrogen-bond donors (Lipinski definition) is 3. The fourth-order valence-electron chi connectivity index (χ4n) is 1.72. The van der Waals surface area contributed by atoms with E-state index in [1.807, 2.05) is 4.98 Å². The van der Waals surface area contributed by atoms with Gasteiger partial charge >= 0.3 is 5.69 Å². The number of H-pyrrole nitrogens is 1. The molecule has 1 fully saturated rings. The summed E-state index contributed by atoms with van der Waals surface area (Å²) in [5.41, 5.74) is -4.57. The van der Waals surface area contributed by atoms with Crippen LogP contribution >= 0.6 is 0 Å². The summed E-state index contributed by atoms with van der Waals surface area (Å²) in [5.74, 6) is 0. The predicted molar refractivity (Wildman–Crippen MR) is 57.8 cm³/mol. The minimum Gasteiger partial charge on any atom is -0.394 e. The molecule has 1 aliphatic heterocycles. The van der Waals surface area contributed by atoms with Crippen molar-refractivity contribution in [3.05, 3.63) is 33.1 Å². The molecule has 2 heterocycles. The zero-order chi connectivity index (χ0) is 16.2. The Morgan fingerprint density at radius 3 is 2.94 bits per heavy atom. The number of hydrogen-bond acceptors (Lipinski definition) is 5. The third-order valence-corrected chi connectivity index (χ3v) is 2.72. The number of aromatic nitrogens is 2. The first kappa shape index (κ1) is 9.42. The van der Waals surface area contributed by atoms with Crippen molar-refractivity contribution >= 4 is 0 Å². The maximum absolute atomic E-state index is 14.6. The first-order valence-corrected chi connectivity index (χ1v) is 5.00. The summed E-state index contributed by atoms with van der Waals surface area (Å²) in [7, 11) is 0. The maximum Gasteiger partial charge on any atom is 0.330 e. The highest BCUT2D eigenvalue weighted by molar-refractivity contribution is 5.01. The standard InChI is InChI=1S/C10H13FN2O5/c1-10(11)7(16)5(4-14)18-8(10)13-3-2-6(15)12-9(13)17/h2-3,5,7-8,14,16H,4H2,1H3,(H,12,15,17)/t5-,7-,8-,10-/m1/s1/i4D2,5D. The first-order valence-electron chi connectivity index (χ1n) is 6.50. The van der Waals surface area contributed by atoms with Gasteiger partial charge in [-0.1, -0.05) is 0 Å². The van der Waals surface area contributed by atoms with E-state index in [1.165, 1.54) is 0 Å². The SMILES string of the molecule is [2H]C([2H])(O)[C@@]1([2H])O[C@@H](n2ccc(=O)[nH]c2=O)[C@](C)(F)[C@@H]1O. The highest BCUT2D eigenvalue weighted by Gasteiger charge is 2.54. The van der Waals surface area contributed by atoms with Crippen LogP contribution in [-0.2, 0) is 4.74 Å². The van der Waals surface area contributed by atoms with Gasteiger partial charge in [-0.2, -0.15) is 0 Å². The van der Waals surface area contributed by atoms with Crippen molar-refractivity contribution in [1.29, 1.82) is 0 Å². The zero-order valence-electron chi connectivity index (χ0n) is 12.3. The summed E-state index contributed by atoms with van der Waals surface area (Å²) in [6.07, 6.45) is -6.45. The molecule has 1 saturated heterocycles. The molecule has 0 unspecified atom stereocenters. The minimum atomic E-state index is -3.39. The van der Waals surface area contributed by atoms with Crippen molar-refractivity contribution in [3.63, 3.8) is 0 Å². The van der Waals surface area contributed by atoms with Crippen LogP contribution in [0.4, 0.5) is 4.39 Å². The molecular weight excluding hydrogens is 247 g/mol. The van der Waals surface area contributed by atoms with Crippen LogP contribution in [0.25, 0.3) is 0 Å². The van der Waals surface area contributed by atoms with Crippen LogP contribution in [-0.4, -0.2) is 44.2 Å². The first-order chi connectivity index (χ1) is 9.41. The minimum absolute atomic E-state index is 0.562. The summed E-state index contributed by atoms with van der Waals surface area (Å²) in [6.45, 7) is -2.60. The molecule has 0 spiro atoms. The number of aliphatic hydroxyl groups is 2. The number of alkyl halides is 1. The van der Waals surface area contributed by atoms with Crippen molar-refractivity contribution in [2.45, 2.75) is 31.0 Å². The largest absolute Gasteiger partial charge is 0.394 e. The van der Waals surface area contributed by atoms with Gasteiger partial charge in [-0.25, -0.2) is 9.18 Å². The summed E-state index contributed by atoms with van der Waals surface area (Å²) in [5, 5.41) is 19.1. The van der Waals surface area contributed by atoms with Crippen molar-refractivity contribution in [2.24, 2.45) is 0 Å². The second-order valence-corrected chi connectivity index (χ2v) is 4.02. The van der Waals surface area contributed by atoms with E-state index in [0.29, 0.717) is 4.57 Å². The highest BCUT2D eigenvalue weighted by atomic mass is 19.1. The van der Waals surface area contributed by atoms with E-state index >= 15 is 0 Å². The van der Waals surface area contributed by atoms with Gasteiger partial charge in [-0.15, -0.1) is 0 Å². The van der Waals surface area contributed by atoms with Crippen LogP contribution in [0.15, 0.2) is 21.9 Å². The van der Waals surface area contributed by atoms with Crippen LogP contribution in [0.3, 0.4) is 0 Å². The fraction of sp³-hybridized carbons (Fsp3) is 0.600. The average Bonchev–Trinajstić information content (AvgIpc) is 2.51. The summed E-state index contributed by atoms with van der Waals surface area (Å²) in [6, 6.07) is 0.894. The van der Waals surface area contributed by atoms with E-state index < -0.39 is 41.9 Å². The molecule has 4 atom stereocenters. The zero-order valence-corrected chi connectivity index (χ0v) is 9.25. The van der Waals surface area contributed by atoms with Gasteiger partial charge in [-0.05, 0) is 6.92 Å². The molecular formula is C10H13FN2O5. The Kier molecular flexibility index (Phi) is 2.25. The van der Waals surface area contributed by atoms with Crippen LogP contribution in [0.2, 0.25) is 0 Å². The van der Waals surface area contributed by atoms with Gasteiger partial charge in [0.15, 0.2) is 11.9 Å². The molecule has 1 aliphatic rings. The Hall–Kier alpha value is -1.51. The Morgan fingerprint density at radius 2 is 2.44 bits per heavy atom. The monoisotopic (exact) mass is 263 g/mol. The summed E-state index contributed by atoms with van der Waals surface area (Å²) < 4.78 is 41.9. The number of nitrogens with one attached hydrogen (secondary N) is 1. The lowest BCUT2D eigenvalue weighted by atomic mass is 9.98. The molecule has 3 N–H and O–H groups in total. The van der Waals surface area contributed by atoms with E-state index in [4.69, 9.17) is 8.85 Å². The van der Waals surface area contributed by atoms with Gasteiger partial charge in [-0.3, -0.25) is 14.3 Å². The van der Waals surface area contributed by atoms with Gasteiger partial charge in [0.05, 0.1) is 10.7 Å². The number of ether oxygens (including phenoxy) is 1. The molecule has 100 valence electrons. The van der Waals surface area contributed by atoms with E-state index in [1.54, 1.807) is 0 Å². The third-order valence-electron chi connectivity index (χ3n) is 2.72. The van der Waals surface area contributed by atoms with E-state index in [-0.39, 0.29) is 0 Å². The van der Waals surface area contributed by atoms with Crippen molar-refractivity contribution in [3.8, 4) is 0 Å². The average molecular weight is 263 g/mol. The molecule has 0 aromatic carbocycles. The molecule has 0 aliphatic carbocycles. The fourth-order valence-corrected chi connectivity index (χ4v) is 1.72. The quantitative estimate of drug-likeness (QED) is 0.603. The van der Waals surface area contributed by atoms with Crippen LogP contribution in [0.5, 0.6) is 0 Å². The van der Waals surface area contributed by atoms with E-state index in [9.17, 15) is 24.2 Å².